The number of carbonyl (C=O) groups excluding carboxylic acids is 2. The lowest BCUT2D eigenvalue weighted by molar-refractivity contribution is 0.101. The maximum atomic E-state index is 12.4. The van der Waals surface area contributed by atoms with Gasteiger partial charge in [-0.1, -0.05) is 23.7 Å². The average molecular weight is 373 g/mol. The quantitative estimate of drug-likeness (QED) is 0.585. The molecule has 2 aromatic carbocycles. The molecule has 0 bridgehead atoms. The fourth-order valence-corrected chi connectivity index (χ4v) is 2.93. The summed E-state index contributed by atoms with van der Waals surface area (Å²) in [6.07, 6.45) is 0. The third kappa shape index (κ3) is 4.17. The summed E-state index contributed by atoms with van der Waals surface area (Å²) >= 11 is 7.20. The van der Waals surface area contributed by atoms with Crippen molar-refractivity contribution in [3.63, 3.8) is 0 Å². The summed E-state index contributed by atoms with van der Waals surface area (Å²) in [7, 11) is 0. The lowest BCUT2D eigenvalue weighted by atomic mass is 10.1. The van der Waals surface area contributed by atoms with Gasteiger partial charge in [-0.2, -0.15) is 0 Å². The molecule has 0 aliphatic rings. The third-order valence-corrected chi connectivity index (χ3v) is 4.44. The molecule has 1 heterocycles. The number of aromatic hydroxyl groups is 1. The molecule has 5 nitrogen and oxygen atoms in total. The zero-order valence-corrected chi connectivity index (χ0v) is 14.4. The number of hydrogen-bond donors (Lipinski definition) is 3. The number of carbonyl (C=O) groups is 2. The Morgan fingerprint density at radius 3 is 2.56 bits per heavy atom. The highest BCUT2D eigenvalue weighted by Gasteiger charge is 2.12. The molecule has 126 valence electrons. The minimum atomic E-state index is -0.426. The molecule has 2 amide bonds. The van der Waals surface area contributed by atoms with E-state index in [4.69, 9.17) is 11.6 Å². The molecule has 3 aromatic rings. The van der Waals surface area contributed by atoms with E-state index in [0.717, 1.165) is 0 Å². The maximum absolute atomic E-state index is 12.4. The van der Waals surface area contributed by atoms with Crippen molar-refractivity contribution in [1.82, 2.24) is 0 Å². The van der Waals surface area contributed by atoms with E-state index in [1.54, 1.807) is 36.4 Å². The first-order valence-corrected chi connectivity index (χ1v) is 8.53. The Morgan fingerprint density at radius 1 is 0.960 bits per heavy atom. The Hall–Kier alpha value is -2.83. The molecule has 25 heavy (non-hydrogen) atoms. The SMILES string of the molecule is O=C(Nc1cc(Cl)ccc1O)c1cccc(NC(=O)c2cccs2)c1. The number of benzene rings is 2. The second kappa shape index (κ2) is 7.38. The number of phenols is 1. The van der Waals surface area contributed by atoms with Gasteiger partial charge in [0, 0.05) is 16.3 Å². The molecular formula is C18H13ClN2O3S. The molecule has 0 saturated carbocycles. The van der Waals surface area contributed by atoms with Crippen LogP contribution in [0.25, 0.3) is 0 Å². The van der Waals surface area contributed by atoms with Crippen molar-refractivity contribution in [2.24, 2.45) is 0 Å². The van der Waals surface area contributed by atoms with E-state index in [9.17, 15) is 14.7 Å². The Morgan fingerprint density at radius 2 is 1.80 bits per heavy atom. The van der Waals surface area contributed by atoms with Gasteiger partial charge in [0.15, 0.2) is 0 Å². The molecule has 0 spiro atoms. The summed E-state index contributed by atoms with van der Waals surface area (Å²) in [6, 6.07) is 14.4. The van der Waals surface area contributed by atoms with Gasteiger partial charge >= 0.3 is 0 Å². The number of amides is 2. The van der Waals surface area contributed by atoms with E-state index >= 15 is 0 Å². The molecule has 1 aromatic heterocycles. The average Bonchev–Trinajstić information content (AvgIpc) is 3.13. The number of rotatable bonds is 4. The summed E-state index contributed by atoms with van der Waals surface area (Å²) in [6.45, 7) is 0. The summed E-state index contributed by atoms with van der Waals surface area (Å²) < 4.78 is 0. The van der Waals surface area contributed by atoms with E-state index in [0.29, 0.717) is 21.2 Å². The summed E-state index contributed by atoms with van der Waals surface area (Å²) in [5.74, 6) is -0.746. The van der Waals surface area contributed by atoms with Crippen molar-refractivity contribution in [1.29, 1.82) is 0 Å². The Kier molecular flexibility index (Phi) is 5.02. The van der Waals surface area contributed by atoms with Crippen LogP contribution in [0.15, 0.2) is 60.0 Å². The van der Waals surface area contributed by atoms with Crippen molar-refractivity contribution in [2.45, 2.75) is 0 Å². The van der Waals surface area contributed by atoms with E-state index < -0.39 is 5.91 Å². The minimum Gasteiger partial charge on any atom is -0.506 e. The number of thiophene rings is 1. The fourth-order valence-electron chi connectivity index (χ4n) is 2.14. The molecule has 0 radical (unpaired) electrons. The van der Waals surface area contributed by atoms with Crippen LogP contribution in [0.2, 0.25) is 5.02 Å². The summed E-state index contributed by atoms with van der Waals surface area (Å²) in [5.41, 5.74) is 1.05. The van der Waals surface area contributed by atoms with Gasteiger partial charge in [0.05, 0.1) is 10.6 Å². The largest absolute Gasteiger partial charge is 0.506 e. The molecular weight excluding hydrogens is 360 g/mol. The Balaban J connectivity index is 1.75. The zero-order valence-electron chi connectivity index (χ0n) is 12.8. The minimum absolute atomic E-state index is 0.0834. The third-order valence-electron chi connectivity index (χ3n) is 3.33. The van der Waals surface area contributed by atoms with Gasteiger partial charge in [0.2, 0.25) is 0 Å². The number of anilines is 2. The number of hydrogen-bond acceptors (Lipinski definition) is 4. The van der Waals surface area contributed by atoms with E-state index in [1.165, 1.54) is 29.5 Å². The number of phenolic OH excluding ortho intramolecular Hbond substituents is 1. The fraction of sp³-hybridized carbons (Fsp3) is 0. The maximum Gasteiger partial charge on any atom is 0.265 e. The van der Waals surface area contributed by atoms with Crippen molar-refractivity contribution in [3.05, 3.63) is 75.4 Å². The molecule has 0 aliphatic heterocycles. The topological polar surface area (TPSA) is 78.4 Å². The van der Waals surface area contributed by atoms with Crippen LogP contribution in [0.5, 0.6) is 5.75 Å². The van der Waals surface area contributed by atoms with Gasteiger partial charge < -0.3 is 15.7 Å². The first-order chi connectivity index (χ1) is 12.0. The monoisotopic (exact) mass is 372 g/mol. The summed E-state index contributed by atoms with van der Waals surface area (Å²) in [4.78, 5) is 25.0. The molecule has 7 heteroatoms. The lowest BCUT2D eigenvalue weighted by Crippen LogP contribution is -2.14. The van der Waals surface area contributed by atoms with Crippen LogP contribution >= 0.6 is 22.9 Å². The van der Waals surface area contributed by atoms with Crippen LogP contribution in [-0.2, 0) is 0 Å². The molecule has 0 atom stereocenters. The summed E-state index contributed by atoms with van der Waals surface area (Å²) in [5, 5.41) is 17.3. The highest BCUT2D eigenvalue weighted by Crippen LogP contribution is 2.27. The van der Waals surface area contributed by atoms with Gasteiger partial charge in [-0.3, -0.25) is 9.59 Å². The van der Waals surface area contributed by atoms with Gasteiger partial charge in [-0.25, -0.2) is 0 Å². The van der Waals surface area contributed by atoms with Gasteiger partial charge in [-0.15, -0.1) is 11.3 Å². The van der Waals surface area contributed by atoms with Crippen molar-refractivity contribution >= 4 is 46.1 Å². The van der Waals surface area contributed by atoms with Gasteiger partial charge in [-0.05, 0) is 47.8 Å². The van der Waals surface area contributed by atoms with Gasteiger partial charge in [0.25, 0.3) is 11.8 Å². The molecule has 0 fully saturated rings. The van der Waals surface area contributed by atoms with Crippen molar-refractivity contribution in [3.8, 4) is 5.75 Å². The highest BCUT2D eigenvalue weighted by atomic mass is 35.5. The smallest absolute Gasteiger partial charge is 0.265 e. The number of halogens is 1. The van der Waals surface area contributed by atoms with Gasteiger partial charge in [0.1, 0.15) is 5.75 Å². The number of nitrogens with one attached hydrogen (secondary N) is 2. The van der Waals surface area contributed by atoms with Crippen molar-refractivity contribution in [2.75, 3.05) is 10.6 Å². The normalized spacial score (nSPS) is 10.3. The van der Waals surface area contributed by atoms with E-state index in [1.807, 2.05) is 5.38 Å². The van der Waals surface area contributed by atoms with Crippen LogP contribution in [0, 0.1) is 0 Å². The van der Waals surface area contributed by atoms with E-state index in [-0.39, 0.29) is 17.3 Å². The molecule has 3 N–H and O–H groups in total. The standard InChI is InChI=1S/C18H13ClN2O3S/c19-12-6-7-15(22)14(10-12)21-17(23)11-3-1-4-13(9-11)20-18(24)16-5-2-8-25-16/h1-10,22H,(H,20,24)(H,21,23). The lowest BCUT2D eigenvalue weighted by Gasteiger charge is -2.09. The second-order valence-corrected chi connectivity index (χ2v) is 6.51. The van der Waals surface area contributed by atoms with Crippen LogP contribution in [-0.4, -0.2) is 16.9 Å². The predicted octanol–water partition coefficient (Wildman–Crippen LogP) is 4.61. The van der Waals surface area contributed by atoms with Crippen LogP contribution in [0.1, 0.15) is 20.0 Å². The van der Waals surface area contributed by atoms with Crippen LogP contribution in [0.4, 0.5) is 11.4 Å². The highest BCUT2D eigenvalue weighted by molar-refractivity contribution is 7.12. The van der Waals surface area contributed by atoms with Crippen LogP contribution in [0.3, 0.4) is 0 Å². The first-order valence-electron chi connectivity index (χ1n) is 7.28. The first kappa shape index (κ1) is 17.0. The zero-order chi connectivity index (χ0) is 17.8. The van der Waals surface area contributed by atoms with Crippen molar-refractivity contribution < 1.29 is 14.7 Å². The molecule has 0 unspecified atom stereocenters. The molecule has 3 rings (SSSR count). The molecule has 0 saturated heterocycles. The second-order valence-electron chi connectivity index (χ2n) is 5.13. The predicted molar refractivity (Wildman–Crippen MR) is 99.8 cm³/mol. The van der Waals surface area contributed by atoms with Crippen LogP contribution < -0.4 is 10.6 Å². The molecule has 0 aliphatic carbocycles. The van der Waals surface area contributed by atoms with E-state index in [2.05, 4.69) is 10.6 Å². The Bertz CT molecular complexity index is 926. The Labute approximate surface area is 152 Å².